The smallest absolute Gasteiger partial charge is 0.303 e. The number of alkyl halides is 3. The standard InChI is InChI=1S/C14H14F3N/c1-2-18-13(14(15,16)17)12-9-5-7-10-6-3-4-8-11(10)12/h3-9,13,18H,2H2,1H3. The van der Waals surface area contributed by atoms with Crippen molar-refractivity contribution >= 4 is 10.8 Å². The van der Waals surface area contributed by atoms with E-state index in [0.717, 1.165) is 5.39 Å². The molecule has 0 fully saturated rings. The zero-order chi connectivity index (χ0) is 13.2. The first-order valence-electron chi connectivity index (χ1n) is 5.81. The van der Waals surface area contributed by atoms with Gasteiger partial charge in [-0.3, -0.25) is 0 Å². The molecule has 0 radical (unpaired) electrons. The van der Waals surface area contributed by atoms with Crippen LogP contribution < -0.4 is 5.32 Å². The van der Waals surface area contributed by atoms with Gasteiger partial charge in [0, 0.05) is 0 Å². The Balaban J connectivity index is 2.57. The third-order valence-corrected chi connectivity index (χ3v) is 2.87. The maximum absolute atomic E-state index is 13.1. The molecule has 0 amide bonds. The molecule has 0 aliphatic carbocycles. The number of nitrogens with one attached hydrogen (secondary N) is 1. The highest BCUT2D eigenvalue weighted by molar-refractivity contribution is 5.86. The lowest BCUT2D eigenvalue weighted by Crippen LogP contribution is -2.34. The van der Waals surface area contributed by atoms with Crippen LogP contribution in [0.15, 0.2) is 42.5 Å². The summed E-state index contributed by atoms with van der Waals surface area (Å²) >= 11 is 0. The quantitative estimate of drug-likeness (QED) is 0.870. The fourth-order valence-corrected chi connectivity index (χ4v) is 2.11. The molecule has 0 saturated carbocycles. The average molecular weight is 253 g/mol. The predicted molar refractivity (Wildman–Crippen MR) is 66.4 cm³/mol. The second-order valence-corrected chi connectivity index (χ2v) is 4.10. The summed E-state index contributed by atoms with van der Waals surface area (Å²) in [6, 6.07) is 10.5. The van der Waals surface area contributed by atoms with Crippen LogP contribution in [0.1, 0.15) is 18.5 Å². The van der Waals surface area contributed by atoms with Gasteiger partial charge in [0.15, 0.2) is 0 Å². The number of benzene rings is 2. The zero-order valence-electron chi connectivity index (χ0n) is 9.96. The second kappa shape index (κ2) is 4.98. The molecule has 1 atom stereocenters. The minimum absolute atomic E-state index is 0.271. The van der Waals surface area contributed by atoms with Gasteiger partial charge in [0.2, 0.25) is 0 Å². The fraction of sp³-hybridized carbons (Fsp3) is 0.286. The molecule has 0 aliphatic rings. The van der Waals surface area contributed by atoms with E-state index in [1.165, 1.54) is 6.07 Å². The molecular weight excluding hydrogens is 239 g/mol. The van der Waals surface area contributed by atoms with Gasteiger partial charge in [0.1, 0.15) is 6.04 Å². The van der Waals surface area contributed by atoms with Crippen molar-refractivity contribution in [3.63, 3.8) is 0 Å². The lowest BCUT2D eigenvalue weighted by molar-refractivity contribution is -0.157. The number of hydrogen-bond donors (Lipinski definition) is 1. The Bertz CT molecular complexity index is 529. The molecule has 18 heavy (non-hydrogen) atoms. The highest BCUT2D eigenvalue weighted by Crippen LogP contribution is 2.35. The van der Waals surface area contributed by atoms with Crippen molar-refractivity contribution in [1.29, 1.82) is 0 Å². The SMILES string of the molecule is CCNC(c1cccc2ccccc12)C(F)(F)F. The van der Waals surface area contributed by atoms with Gasteiger partial charge in [-0.2, -0.15) is 13.2 Å². The third-order valence-electron chi connectivity index (χ3n) is 2.87. The topological polar surface area (TPSA) is 12.0 Å². The molecule has 1 unspecified atom stereocenters. The molecular formula is C14H14F3N. The molecule has 2 aromatic carbocycles. The third kappa shape index (κ3) is 2.48. The van der Waals surface area contributed by atoms with Crippen molar-refractivity contribution in [2.75, 3.05) is 6.54 Å². The van der Waals surface area contributed by atoms with E-state index in [4.69, 9.17) is 0 Å². The van der Waals surface area contributed by atoms with E-state index < -0.39 is 12.2 Å². The first-order chi connectivity index (χ1) is 8.54. The van der Waals surface area contributed by atoms with Crippen LogP contribution in [0, 0.1) is 0 Å². The van der Waals surface area contributed by atoms with Crippen LogP contribution in [0.2, 0.25) is 0 Å². The summed E-state index contributed by atoms with van der Waals surface area (Å²) in [5, 5.41) is 3.97. The lowest BCUT2D eigenvalue weighted by atomic mass is 9.98. The average Bonchev–Trinajstić information content (AvgIpc) is 2.34. The van der Waals surface area contributed by atoms with E-state index in [1.807, 2.05) is 18.2 Å². The first kappa shape index (κ1) is 12.9. The molecule has 2 rings (SSSR count). The van der Waals surface area contributed by atoms with Gasteiger partial charge in [-0.15, -0.1) is 0 Å². The largest absolute Gasteiger partial charge is 0.407 e. The monoisotopic (exact) mass is 253 g/mol. The van der Waals surface area contributed by atoms with E-state index >= 15 is 0 Å². The molecule has 1 N–H and O–H groups in total. The molecule has 0 heterocycles. The van der Waals surface area contributed by atoms with Gasteiger partial charge in [-0.1, -0.05) is 49.4 Å². The summed E-state index contributed by atoms with van der Waals surface area (Å²) in [6.07, 6.45) is -4.29. The zero-order valence-corrected chi connectivity index (χ0v) is 9.96. The minimum Gasteiger partial charge on any atom is -0.303 e. The molecule has 0 spiro atoms. The maximum Gasteiger partial charge on any atom is 0.407 e. The summed E-state index contributed by atoms with van der Waals surface area (Å²) in [4.78, 5) is 0. The van der Waals surface area contributed by atoms with Gasteiger partial charge >= 0.3 is 6.18 Å². The van der Waals surface area contributed by atoms with Crippen LogP contribution in [0.5, 0.6) is 0 Å². The van der Waals surface area contributed by atoms with Crippen LogP contribution in [-0.4, -0.2) is 12.7 Å². The number of hydrogen-bond acceptors (Lipinski definition) is 1. The molecule has 4 heteroatoms. The number of rotatable bonds is 3. The molecule has 2 aromatic rings. The van der Waals surface area contributed by atoms with Gasteiger partial charge in [-0.05, 0) is 22.9 Å². The highest BCUT2D eigenvalue weighted by atomic mass is 19.4. The minimum atomic E-state index is -4.29. The Labute approximate surface area is 104 Å². The van der Waals surface area contributed by atoms with Gasteiger partial charge in [0.05, 0.1) is 0 Å². The van der Waals surface area contributed by atoms with E-state index in [2.05, 4.69) is 5.32 Å². The maximum atomic E-state index is 13.1. The van der Waals surface area contributed by atoms with Crippen molar-refractivity contribution in [2.24, 2.45) is 0 Å². The summed E-state index contributed by atoms with van der Waals surface area (Å²) in [5.41, 5.74) is 0.280. The van der Waals surface area contributed by atoms with Crippen molar-refractivity contribution in [3.05, 3.63) is 48.0 Å². The Morgan fingerprint density at radius 2 is 1.72 bits per heavy atom. The normalized spacial score (nSPS) is 13.8. The summed E-state index contributed by atoms with van der Waals surface area (Å²) in [5.74, 6) is 0. The second-order valence-electron chi connectivity index (χ2n) is 4.10. The van der Waals surface area contributed by atoms with Crippen molar-refractivity contribution < 1.29 is 13.2 Å². The molecule has 0 aromatic heterocycles. The first-order valence-corrected chi connectivity index (χ1v) is 5.81. The van der Waals surface area contributed by atoms with E-state index in [0.29, 0.717) is 5.39 Å². The van der Waals surface area contributed by atoms with Crippen molar-refractivity contribution in [3.8, 4) is 0 Å². The Kier molecular flexibility index (Phi) is 3.57. The Hall–Kier alpha value is -1.55. The highest BCUT2D eigenvalue weighted by Gasteiger charge is 2.40. The molecule has 96 valence electrons. The van der Waals surface area contributed by atoms with Gasteiger partial charge in [-0.25, -0.2) is 0 Å². The lowest BCUT2D eigenvalue weighted by Gasteiger charge is -2.22. The summed E-state index contributed by atoms with van der Waals surface area (Å²) in [7, 11) is 0. The van der Waals surface area contributed by atoms with E-state index in [-0.39, 0.29) is 12.1 Å². The Morgan fingerprint density at radius 1 is 1.06 bits per heavy atom. The molecule has 0 saturated heterocycles. The fourth-order valence-electron chi connectivity index (χ4n) is 2.11. The molecule has 0 bridgehead atoms. The number of fused-ring (bicyclic) bond motifs is 1. The molecule has 1 nitrogen and oxygen atoms in total. The van der Waals surface area contributed by atoms with Crippen molar-refractivity contribution in [2.45, 2.75) is 19.1 Å². The van der Waals surface area contributed by atoms with Crippen LogP contribution in [0.3, 0.4) is 0 Å². The van der Waals surface area contributed by atoms with Crippen LogP contribution in [-0.2, 0) is 0 Å². The summed E-state index contributed by atoms with van der Waals surface area (Å²) in [6.45, 7) is 1.94. The van der Waals surface area contributed by atoms with Crippen LogP contribution >= 0.6 is 0 Å². The predicted octanol–water partition coefficient (Wildman–Crippen LogP) is 4.05. The number of halogens is 3. The molecule has 0 aliphatic heterocycles. The van der Waals surface area contributed by atoms with Crippen LogP contribution in [0.25, 0.3) is 10.8 Å². The van der Waals surface area contributed by atoms with Gasteiger partial charge in [0.25, 0.3) is 0 Å². The van der Waals surface area contributed by atoms with E-state index in [1.54, 1.807) is 25.1 Å². The summed E-state index contributed by atoms with van der Waals surface area (Å²) < 4.78 is 39.2. The van der Waals surface area contributed by atoms with Gasteiger partial charge < -0.3 is 5.32 Å². The Morgan fingerprint density at radius 3 is 2.39 bits per heavy atom. The van der Waals surface area contributed by atoms with Crippen molar-refractivity contribution in [1.82, 2.24) is 5.32 Å². The van der Waals surface area contributed by atoms with Crippen LogP contribution in [0.4, 0.5) is 13.2 Å². The van der Waals surface area contributed by atoms with E-state index in [9.17, 15) is 13.2 Å².